The van der Waals surface area contributed by atoms with E-state index in [1.54, 1.807) is 0 Å². The molecule has 172 valence electrons. The van der Waals surface area contributed by atoms with Gasteiger partial charge in [-0.3, -0.25) is 4.79 Å². The third kappa shape index (κ3) is 7.27. The Morgan fingerprint density at radius 2 is 1.84 bits per heavy atom. The molecule has 0 aliphatic heterocycles. The number of aromatic nitrogens is 2. The van der Waals surface area contributed by atoms with Gasteiger partial charge in [-0.2, -0.15) is 0 Å². The minimum atomic E-state index is 0.160. The van der Waals surface area contributed by atoms with Crippen LogP contribution in [-0.2, 0) is 17.8 Å². The van der Waals surface area contributed by atoms with Crippen molar-refractivity contribution in [2.24, 2.45) is 0 Å². The van der Waals surface area contributed by atoms with Crippen molar-refractivity contribution >= 4 is 28.5 Å². The Bertz CT molecular complexity index is 986. The van der Waals surface area contributed by atoms with Crippen LogP contribution in [-0.4, -0.2) is 28.6 Å². The molecule has 1 aromatic heterocycles. The van der Waals surface area contributed by atoms with Crippen molar-refractivity contribution in [1.29, 1.82) is 0 Å². The van der Waals surface area contributed by atoms with E-state index in [0.717, 1.165) is 75.1 Å². The van der Waals surface area contributed by atoms with Crippen LogP contribution in [0.15, 0.2) is 48.5 Å². The summed E-state index contributed by atoms with van der Waals surface area (Å²) in [7, 11) is 0. The number of nitrogens with one attached hydrogen (secondary N) is 1. The Morgan fingerprint density at radius 3 is 2.69 bits per heavy atom. The molecule has 32 heavy (non-hydrogen) atoms. The molecular weight excluding hydrogens is 422 g/mol. The molecule has 0 saturated heterocycles. The molecule has 2 aromatic carbocycles. The molecule has 0 spiro atoms. The summed E-state index contributed by atoms with van der Waals surface area (Å²) in [6, 6.07) is 15.9. The summed E-state index contributed by atoms with van der Waals surface area (Å²) in [5, 5.41) is 3.64. The third-order valence-electron chi connectivity index (χ3n) is 5.48. The number of nitrogens with zero attached hydrogens (tertiary/aromatic N) is 2. The molecule has 0 bridgehead atoms. The number of hydrogen-bond donors (Lipinski definition) is 1. The number of unbranched alkanes of at least 4 members (excludes halogenated alkanes) is 3. The second-order valence-electron chi connectivity index (χ2n) is 8.06. The molecule has 0 aliphatic rings. The molecule has 3 rings (SSSR count). The number of halogens is 1. The normalized spacial score (nSPS) is 11.1. The molecule has 0 radical (unpaired) electrons. The number of benzene rings is 2. The lowest BCUT2D eigenvalue weighted by Crippen LogP contribution is -2.23. The third-order valence-corrected chi connectivity index (χ3v) is 5.79. The van der Waals surface area contributed by atoms with E-state index in [0.29, 0.717) is 18.1 Å². The van der Waals surface area contributed by atoms with Crippen molar-refractivity contribution in [3.05, 3.63) is 59.4 Å². The van der Waals surface area contributed by atoms with Crippen LogP contribution in [0.2, 0.25) is 5.02 Å². The summed E-state index contributed by atoms with van der Waals surface area (Å²) < 4.78 is 8.18. The fourth-order valence-corrected chi connectivity index (χ4v) is 4.00. The van der Waals surface area contributed by atoms with E-state index in [9.17, 15) is 4.79 Å². The Balaban J connectivity index is 1.46. The van der Waals surface area contributed by atoms with Crippen molar-refractivity contribution in [2.75, 3.05) is 13.2 Å². The predicted octanol–water partition coefficient (Wildman–Crippen LogP) is 6.18. The average Bonchev–Trinajstić information content (AvgIpc) is 3.14. The number of amides is 1. The second-order valence-corrected chi connectivity index (χ2v) is 8.47. The standard InChI is InChI=1S/C26H34ClN3O2/c1-2-12-26(31)28-18-9-3-4-17-25-29-22-14-6-7-15-23(22)30(25)19-10-11-20-32-24-16-8-5-13-21(24)27/h5-8,13-16H,2-4,9-12,17-20H2,1H3,(H,28,31). The van der Waals surface area contributed by atoms with Gasteiger partial charge in [0.15, 0.2) is 0 Å². The summed E-state index contributed by atoms with van der Waals surface area (Å²) in [6.45, 7) is 4.36. The number of aryl methyl sites for hydroxylation is 2. The molecule has 3 aromatic rings. The monoisotopic (exact) mass is 455 g/mol. The van der Waals surface area contributed by atoms with Crippen molar-refractivity contribution in [1.82, 2.24) is 14.9 Å². The van der Waals surface area contributed by atoms with Crippen molar-refractivity contribution in [3.8, 4) is 5.75 Å². The van der Waals surface area contributed by atoms with Crippen LogP contribution in [0.1, 0.15) is 57.7 Å². The van der Waals surface area contributed by atoms with Crippen LogP contribution in [0.4, 0.5) is 0 Å². The smallest absolute Gasteiger partial charge is 0.219 e. The topological polar surface area (TPSA) is 56.2 Å². The van der Waals surface area contributed by atoms with Gasteiger partial charge in [0, 0.05) is 25.9 Å². The summed E-state index contributed by atoms with van der Waals surface area (Å²) in [6.07, 6.45) is 7.60. The highest BCUT2D eigenvalue weighted by atomic mass is 35.5. The Hall–Kier alpha value is -2.53. The van der Waals surface area contributed by atoms with E-state index in [-0.39, 0.29) is 5.91 Å². The van der Waals surface area contributed by atoms with E-state index in [1.807, 2.05) is 37.3 Å². The van der Waals surface area contributed by atoms with Gasteiger partial charge in [0.1, 0.15) is 11.6 Å². The lowest BCUT2D eigenvalue weighted by molar-refractivity contribution is -0.121. The first-order valence-electron chi connectivity index (χ1n) is 11.8. The number of imidazole rings is 1. The van der Waals surface area contributed by atoms with Crippen LogP contribution in [0.5, 0.6) is 5.75 Å². The lowest BCUT2D eigenvalue weighted by atomic mass is 10.2. The molecule has 1 heterocycles. The number of para-hydroxylation sites is 3. The highest BCUT2D eigenvalue weighted by molar-refractivity contribution is 6.32. The van der Waals surface area contributed by atoms with Crippen LogP contribution < -0.4 is 10.1 Å². The van der Waals surface area contributed by atoms with Gasteiger partial charge in [0.25, 0.3) is 0 Å². The van der Waals surface area contributed by atoms with Gasteiger partial charge < -0.3 is 14.6 Å². The molecule has 0 aliphatic carbocycles. The number of ether oxygens (including phenoxy) is 1. The van der Waals surface area contributed by atoms with E-state index in [2.05, 4.69) is 28.1 Å². The summed E-state index contributed by atoms with van der Waals surface area (Å²) in [5.41, 5.74) is 2.25. The molecule has 1 N–H and O–H groups in total. The Kier molecular flexibility index (Phi) is 9.89. The van der Waals surface area contributed by atoms with Crippen LogP contribution in [0.3, 0.4) is 0 Å². The quantitative estimate of drug-likeness (QED) is 0.295. The summed E-state index contributed by atoms with van der Waals surface area (Å²) in [4.78, 5) is 16.4. The van der Waals surface area contributed by atoms with Gasteiger partial charge in [-0.15, -0.1) is 0 Å². The number of hydrogen-bond acceptors (Lipinski definition) is 3. The van der Waals surface area contributed by atoms with Gasteiger partial charge in [0.05, 0.1) is 22.7 Å². The average molecular weight is 456 g/mol. The second kappa shape index (κ2) is 13.1. The Morgan fingerprint density at radius 1 is 1.03 bits per heavy atom. The lowest BCUT2D eigenvalue weighted by Gasteiger charge is -2.11. The van der Waals surface area contributed by atoms with Crippen molar-refractivity contribution in [2.45, 2.75) is 64.8 Å². The van der Waals surface area contributed by atoms with Gasteiger partial charge in [-0.05, 0) is 56.4 Å². The zero-order valence-corrected chi connectivity index (χ0v) is 19.7. The summed E-state index contributed by atoms with van der Waals surface area (Å²) in [5.74, 6) is 2.05. The van der Waals surface area contributed by atoms with Gasteiger partial charge in [-0.25, -0.2) is 4.98 Å². The molecule has 0 fully saturated rings. The molecule has 0 unspecified atom stereocenters. The van der Waals surface area contributed by atoms with Crippen LogP contribution >= 0.6 is 11.6 Å². The minimum absolute atomic E-state index is 0.160. The molecule has 1 amide bonds. The van der Waals surface area contributed by atoms with Crippen molar-refractivity contribution in [3.63, 3.8) is 0 Å². The van der Waals surface area contributed by atoms with E-state index in [4.69, 9.17) is 21.3 Å². The van der Waals surface area contributed by atoms with E-state index < -0.39 is 0 Å². The number of carbonyl (C=O) groups is 1. The van der Waals surface area contributed by atoms with Crippen molar-refractivity contribution < 1.29 is 9.53 Å². The fraction of sp³-hybridized carbons (Fsp3) is 0.462. The molecule has 0 atom stereocenters. The first kappa shape index (κ1) is 24.1. The fourth-order valence-electron chi connectivity index (χ4n) is 3.81. The van der Waals surface area contributed by atoms with Gasteiger partial charge in [0.2, 0.25) is 5.91 Å². The van der Waals surface area contributed by atoms with E-state index in [1.165, 1.54) is 5.52 Å². The van der Waals surface area contributed by atoms with Crippen LogP contribution in [0, 0.1) is 0 Å². The maximum Gasteiger partial charge on any atom is 0.219 e. The highest BCUT2D eigenvalue weighted by Crippen LogP contribution is 2.23. The van der Waals surface area contributed by atoms with Gasteiger partial charge in [-0.1, -0.05) is 49.2 Å². The number of carbonyl (C=O) groups excluding carboxylic acids is 1. The minimum Gasteiger partial charge on any atom is -0.492 e. The summed E-state index contributed by atoms with van der Waals surface area (Å²) >= 11 is 6.16. The molecular formula is C26H34ClN3O2. The first-order chi connectivity index (χ1) is 15.7. The SMILES string of the molecule is CCCC(=O)NCCCCCc1nc2ccccc2n1CCCCOc1ccccc1Cl. The largest absolute Gasteiger partial charge is 0.492 e. The number of rotatable bonds is 14. The van der Waals surface area contributed by atoms with Crippen LogP contribution in [0.25, 0.3) is 11.0 Å². The number of fused-ring (bicyclic) bond motifs is 1. The molecule has 6 heteroatoms. The maximum atomic E-state index is 11.5. The van der Waals surface area contributed by atoms with Gasteiger partial charge >= 0.3 is 0 Å². The predicted molar refractivity (Wildman–Crippen MR) is 131 cm³/mol. The molecule has 5 nitrogen and oxygen atoms in total. The zero-order chi connectivity index (χ0) is 22.6. The van der Waals surface area contributed by atoms with E-state index >= 15 is 0 Å². The highest BCUT2D eigenvalue weighted by Gasteiger charge is 2.10. The first-order valence-corrected chi connectivity index (χ1v) is 12.1. The molecule has 0 saturated carbocycles. The zero-order valence-electron chi connectivity index (χ0n) is 19.0. The Labute approximate surface area is 196 Å². The maximum absolute atomic E-state index is 11.5.